The minimum Gasteiger partial charge on any atom is -0.504 e. The molecule has 0 spiro atoms. The number of hydrogen-bond acceptors (Lipinski definition) is 6. The number of phenolic OH excluding ortho intramolecular Hbond substituents is 1. The van der Waals surface area contributed by atoms with Crippen molar-refractivity contribution in [2.75, 3.05) is 26.3 Å². The maximum Gasteiger partial charge on any atom is 0.178 e. The minimum atomic E-state index is -0.342. The second-order valence-corrected chi connectivity index (χ2v) is 12.7. The van der Waals surface area contributed by atoms with Crippen LogP contribution in [-0.2, 0) is 6.42 Å². The van der Waals surface area contributed by atoms with E-state index < -0.39 is 0 Å². The number of phenols is 1. The Labute approximate surface area is 252 Å². The highest BCUT2D eigenvalue weighted by molar-refractivity contribution is 6.02. The van der Waals surface area contributed by atoms with E-state index in [-0.39, 0.29) is 24.6 Å². The number of hydrogen-bond donors (Lipinski definition) is 4. The lowest BCUT2D eigenvalue weighted by atomic mass is 9.77. The summed E-state index contributed by atoms with van der Waals surface area (Å²) >= 11 is 0. The van der Waals surface area contributed by atoms with Crippen LogP contribution in [0.15, 0.2) is 46.6 Å². The van der Waals surface area contributed by atoms with Gasteiger partial charge in [-0.2, -0.15) is 0 Å². The number of nitrogens with one attached hydrogen (secondary N) is 1. The Morgan fingerprint density at radius 3 is 2.93 bits per heavy atom. The SMILES string of the molecule is CCCCC1[OH+][C-](CCc2ccc(O)c(OCCC3=C[C+]4C(=N3)CC[C@H]3CCC[C@@H]3[C@H]4CNC[C@H](C)O)c2)C=C1CO. The average Bonchev–Trinajstić information content (AvgIpc) is 3.70. The van der Waals surface area contributed by atoms with Crippen molar-refractivity contribution in [1.82, 2.24) is 5.32 Å². The lowest BCUT2D eigenvalue weighted by Gasteiger charge is -2.26. The molecule has 2 fully saturated rings. The Morgan fingerprint density at radius 2 is 2.12 bits per heavy atom. The summed E-state index contributed by atoms with van der Waals surface area (Å²) in [4.78, 5) is 5.06. The number of rotatable bonds is 15. The smallest absolute Gasteiger partial charge is 0.178 e. The van der Waals surface area contributed by atoms with Gasteiger partial charge in [0.2, 0.25) is 0 Å². The van der Waals surface area contributed by atoms with Gasteiger partial charge in [0.15, 0.2) is 17.2 Å². The summed E-state index contributed by atoms with van der Waals surface area (Å²) in [5.74, 6) is 4.00. The number of ether oxygens (including phenoxy) is 2. The van der Waals surface area contributed by atoms with Gasteiger partial charge in [-0.05, 0) is 68.6 Å². The van der Waals surface area contributed by atoms with Crippen molar-refractivity contribution in [2.45, 2.75) is 96.7 Å². The molecule has 0 aromatic heterocycles. The van der Waals surface area contributed by atoms with E-state index >= 15 is 0 Å². The second kappa shape index (κ2) is 14.8. The summed E-state index contributed by atoms with van der Waals surface area (Å²) in [7, 11) is 0. The van der Waals surface area contributed by atoms with Crippen LogP contribution in [0.4, 0.5) is 0 Å². The van der Waals surface area contributed by atoms with E-state index in [9.17, 15) is 15.3 Å². The quantitative estimate of drug-likeness (QED) is 0.165. The Bertz CT molecular complexity index is 1130. The molecule has 2 aliphatic heterocycles. The van der Waals surface area contributed by atoms with Gasteiger partial charge in [0, 0.05) is 32.5 Å². The lowest BCUT2D eigenvalue weighted by molar-refractivity contribution is -0.0550. The van der Waals surface area contributed by atoms with Crippen molar-refractivity contribution in [3.05, 3.63) is 59.2 Å². The lowest BCUT2D eigenvalue weighted by Crippen LogP contribution is -2.36. The molecule has 7 nitrogen and oxygen atoms in total. The summed E-state index contributed by atoms with van der Waals surface area (Å²) in [5.41, 5.74) is 4.43. The monoisotopic (exact) mass is 579 g/mol. The maximum absolute atomic E-state index is 10.5. The summed E-state index contributed by atoms with van der Waals surface area (Å²) in [6, 6.07) is 5.60. The molecule has 2 saturated carbocycles. The van der Waals surface area contributed by atoms with Crippen LogP contribution in [0.3, 0.4) is 0 Å². The normalized spacial score (nSPS) is 26.0. The van der Waals surface area contributed by atoms with Gasteiger partial charge >= 0.3 is 0 Å². The van der Waals surface area contributed by atoms with Crippen LogP contribution in [0.25, 0.3) is 0 Å². The molecule has 1 aromatic rings. The first-order valence-electron chi connectivity index (χ1n) is 16.3. The van der Waals surface area contributed by atoms with Crippen molar-refractivity contribution < 1.29 is 24.8 Å². The zero-order valence-corrected chi connectivity index (χ0v) is 25.5. The number of nitrogens with zero attached hydrogens (tertiary/aromatic N) is 1. The fraction of sp³-hybridized carbons (Fsp3) is 0.629. The zero-order chi connectivity index (χ0) is 29.5. The summed E-state index contributed by atoms with van der Waals surface area (Å²) in [5, 5.41) is 33.5. The predicted octanol–water partition coefficient (Wildman–Crippen LogP) is 5.35. The Morgan fingerprint density at radius 1 is 1.24 bits per heavy atom. The van der Waals surface area contributed by atoms with Crippen LogP contribution in [0.2, 0.25) is 0 Å². The van der Waals surface area contributed by atoms with Gasteiger partial charge in [0.05, 0.1) is 24.5 Å². The molecule has 4 aliphatic rings. The second-order valence-electron chi connectivity index (χ2n) is 12.7. The Hall–Kier alpha value is -2.45. The average molecular weight is 580 g/mol. The van der Waals surface area contributed by atoms with Crippen LogP contribution >= 0.6 is 0 Å². The molecule has 5 N–H and O–H groups in total. The standard InChI is InChI=1S/C35H50N2O5/c1-3-4-8-34-26(22-38)18-28(42-34)12-9-24-10-14-33(40)35(17-24)41-16-15-27-19-30-31(21-36-20-23(2)39)29-7-5-6-25(29)11-13-32(30)37-27/h10,14,17-19,23,25,29,31,34,36,38-39,42H,3-9,11-13,15-16,20-22H2,1-2H3/p+1/t23-,25+,29-,31+,34?/m0/s1. The summed E-state index contributed by atoms with van der Waals surface area (Å²) in [6.07, 6.45) is 16.9. The fourth-order valence-corrected chi connectivity index (χ4v) is 7.33. The number of aliphatic hydroxyl groups excluding tert-OH is 2. The molecule has 1 aromatic carbocycles. The van der Waals surface area contributed by atoms with Crippen LogP contribution < -0.4 is 10.1 Å². The third kappa shape index (κ3) is 7.73. The third-order valence-electron chi connectivity index (χ3n) is 9.55. The van der Waals surface area contributed by atoms with Gasteiger partial charge in [-0.1, -0.05) is 32.3 Å². The summed E-state index contributed by atoms with van der Waals surface area (Å²) in [6.45, 7) is 6.05. The highest BCUT2D eigenvalue weighted by Gasteiger charge is 2.48. The van der Waals surface area contributed by atoms with Gasteiger partial charge in [0.1, 0.15) is 30.4 Å². The molecular formula is C35H51N2O5+. The van der Waals surface area contributed by atoms with E-state index in [4.69, 9.17) is 14.5 Å². The van der Waals surface area contributed by atoms with E-state index in [2.05, 4.69) is 24.4 Å². The Kier molecular flexibility index (Phi) is 10.9. The van der Waals surface area contributed by atoms with Crippen LogP contribution in [0.1, 0.15) is 83.6 Å². The number of allylic oxidation sites excluding steroid dienone is 1. The molecule has 0 amide bonds. The van der Waals surface area contributed by atoms with E-state index in [0.29, 0.717) is 37.2 Å². The van der Waals surface area contributed by atoms with E-state index in [1.807, 2.05) is 19.1 Å². The number of benzene rings is 1. The molecule has 0 bridgehead atoms. The summed E-state index contributed by atoms with van der Waals surface area (Å²) < 4.78 is 10.9. The molecular weight excluding hydrogens is 528 g/mol. The minimum absolute atomic E-state index is 0.0709. The largest absolute Gasteiger partial charge is 0.504 e. The van der Waals surface area contributed by atoms with Crippen LogP contribution in [0, 0.1) is 29.8 Å². The zero-order valence-electron chi connectivity index (χ0n) is 25.5. The maximum atomic E-state index is 10.5. The van der Waals surface area contributed by atoms with Crippen LogP contribution in [-0.4, -0.2) is 64.3 Å². The molecule has 5 atom stereocenters. The van der Waals surface area contributed by atoms with Crippen molar-refractivity contribution in [1.29, 1.82) is 0 Å². The fourth-order valence-electron chi connectivity index (χ4n) is 7.33. The number of aryl methyl sites for hydroxylation is 1. The number of aliphatic hydroxyl groups is 4. The van der Waals surface area contributed by atoms with Gasteiger partial charge < -0.3 is 30.1 Å². The molecule has 230 valence electrons. The van der Waals surface area contributed by atoms with Crippen molar-refractivity contribution in [2.24, 2.45) is 22.7 Å². The van der Waals surface area contributed by atoms with Gasteiger partial charge in [-0.15, -0.1) is 16.6 Å². The van der Waals surface area contributed by atoms with Crippen LogP contribution in [0.5, 0.6) is 11.5 Å². The number of aliphatic imine (C=N–C) groups is 1. The number of fused-ring (bicyclic) bond motifs is 2. The van der Waals surface area contributed by atoms with Crippen molar-refractivity contribution in [3.63, 3.8) is 0 Å². The van der Waals surface area contributed by atoms with Gasteiger partial charge in [-0.3, -0.25) is 0 Å². The van der Waals surface area contributed by atoms with Crippen molar-refractivity contribution in [3.8, 4) is 11.5 Å². The molecule has 0 radical (unpaired) electrons. The highest BCUT2D eigenvalue weighted by atomic mass is 16.5. The molecule has 7 heteroatoms. The highest BCUT2D eigenvalue weighted by Crippen LogP contribution is 2.48. The molecule has 0 saturated heterocycles. The van der Waals surface area contributed by atoms with E-state index in [1.54, 1.807) is 6.07 Å². The number of aromatic hydroxyl groups is 1. The van der Waals surface area contributed by atoms with E-state index in [0.717, 1.165) is 73.9 Å². The Balaban J connectivity index is 1.14. The van der Waals surface area contributed by atoms with E-state index in [1.165, 1.54) is 37.3 Å². The predicted molar refractivity (Wildman–Crippen MR) is 167 cm³/mol. The third-order valence-corrected chi connectivity index (χ3v) is 9.55. The molecule has 2 aliphatic carbocycles. The molecule has 2 heterocycles. The first-order valence-corrected chi connectivity index (χ1v) is 16.3. The molecule has 5 rings (SSSR count). The molecule has 42 heavy (non-hydrogen) atoms. The molecule has 1 unspecified atom stereocenters. The van der Waals surface area contributed by atoms with Crippen molar-refractivity contribution >= 4 is 5.71 Å². The first-order chi connectivity index (χ1) is 20.4. The number of unbranched alkanes of at least 4 members (excludes halogenated alkanes) is 1. The first kappa shape index (κ1) is 31.0. The van der Waals surface area contributed by atoms with Gasteiger partial charge in [-0.25, -0.2) is 0 Å². The topological polar surface area (TPSA) is 107 Å². The van der Waals surface area contributed by atoms with Gasteiger partial charge in [0.25, 0.3) is 0 Å².